The number of hydrogen-bond donors (Lipinski definition) is 3. The summed E-state index contributed by atoms with van der Waals surface area (Å²) in [5, 5.41) is 13.9. The number of aliphatic hydroxyl groups is 1. The molecule has 9 heteroatoms. The van der Waals surface area contributed by atoms with Crippen molar-refractivity contribution in [2.24, 2.45) is 0 Å². The number of nitrogens with zero attached hydrogens (tertiary/aromatic N) is 1. The molecule has 0 radical (unpaired) electrons. The molecule has 1 amide bonds. The van der Waals surface area contributed by atoms with Gasteiger partial charge in [0.25, 0.3) is 0 Å². The number of phosphoric acid groups is 1. The Morgan fingerprint density at radius 3 is 1.03 bits per heavy atom. The lowest BCUT2D eigenvalue weighted by molar-refractivity contribution is -0.870. The molecule has 1 unspecified atom stereocenters. The second-order valence-electron chi connectivity index (χ2n) is 21.4. The zero-order chi connectivity index (χ0) is 47.8. The van der Waals surface area contributed by atoms with E-state index in [4.69, 9.17) is 9.05 Å². The molecule has 0 aliphatic carbocycles. The van der Waals surface area contributed by atoms with E-state index in [0.29, 0.717) is 23.9 Å². The molecule has 0 aliphatic rings. The van der Waals surface area contributed by atoms with E-state index in [1.165, 1.54) is 238 Å². The van der Waals surface area contributed by atoms with Gasteiger partial charge in [-0.2, -0.15) is 0 Å². The summed E-state index contributed by atoms with van der Waals surface area (Å²) in [5.41, 5.74) is 0. The maximum Gasteiger partial charge on any atom is 0.472 e. The molecule has 3 atom stereocenters. The zero-order valence-corrected chi connectivity index (χ0v) is 45.4. The van der Waals surface area contributed by atoms with Crippen molar-refractivity contribution in [2.75, 3.05) is 40.9 Å². The first-order chi connectivity index (χ1) is 31.5. The van der Waals surface area contributed by atoms with Gasteiger partial charge in [0.2, 0.25) is 5.91 Å². The van der Waals surface area contributed by atoms with Crippen molar-refractivity contribution in [1.29, 1.82) is 0 Å². The molecule has 0 aliphatic heterocycles. The third-order valence-electron chi connectivity index (χ3n) is 13.6. The lowest BCUT2D eigenvalue weighted by atomic mass is 10.0. The van der Waals surface area contributed by atoms with Gasteiger partial charge in [0.1, 0.15) is 13.2 Å². The molecule has 0 fully saturated rings. The Morgan fingerprint density at radius 2 is 0.738 bits per heavy atom. The topological polar surface area (TPSA) is 105 Å². The van der Waals surface area contributed by atoms with E-state index in [0.717, 1.165) is 38.5 Å². The SMILES string of the molecule is CCCCCCCCCCCCCCCCCCCCCCCCCCCCCCCCCCCCC(=O)N[C@@H](COP(=O)(O)OCC[N+](C)(C)C)[C@H](O)CCCCCCCCCCC. The Morgan fingerprint density at radius 1 is 0.462 bits per heavy atom. The molecule has 0 aromatic heterocycles. The molecule has 3 N–H and O–H groups in total. The van der Waals surface area contributed by atoms with Gasteiger partial charge < -0.3 is 19.8 Å². The summed E-state index contributed by atoms with van der Waals surface area (Å²) in [6.45, 7) is 4.90. The maximum atomic E-state index is 12.9. The molecule has 0 saturated heterocycles. The van der Waals surface area contributed by atoms with Crippen LogP contribution in [0.15, 0.2) is 0 Å². The van der Waals surface area contributed by atoms with Crippen molar-refractivity contribution in [3.05, 3.63) is 0 Å². The van der Waals surface area contributed by atoms with Crippen LogP contribution in [0.1, 0.15) is 303 Å². The van der Waals surface area contributed by atoms with E-state index >= 15 is 0 Å². The largest absolute Gasteiger partial charge is 0.472 e. The number of amides is 1. The van der Waals surface area contributed by atoms with Crippen LogP contribution in [-0.4, -0.2) is 73.4 Å². The second kappa shape index (κ2) is 48.5. The van der Waals surface area contributed by atoms with Crippen LogP contribution in [-0.2, 0) is 18.4 Å². The quantitative estimate of drug-likeness (QED) is 0.0319. The number of nitrogens with one attached hydrogen (secondary N) is 1. The predicted octanol–water partition coefficient (Wildman–Crippen LogP) is 17.3. The minimum absolute atomic E-state index is 0.0784. The predicted molar refractivity (Wildman–Crippen MR) is 282 cm³/mol. The average molecular weight is 945 g/mol. The molecule has 0 rings (SSSR count). The van der Waals surface area contributed by atoms with Crippen molar-refractivity contribution < 1.29 is 32.9 Å². The van der Waals surface area contributed by atoms with Crippen molar-refractivity contribution in [1.82, 2.24) is 5.32 Å². The fourth-order valence-corrected chi connectivity index (χ4v) is 9.79. The van der Waals surface area contributed by atoms with Crippen LogP contribution in [0, 0.1) is 0 Å². The summed E-state index contributed by atoms with van der Waals surface area (Å²) in [6.07, 6.45) is 57.7. The van der Waals surface area contributed by atoms with Crippen molar-refractivity contribution >= 4 is 13.7 Å². The minimum Gasteiger partial charge on any atom is -0.391 e. The molecular formula is C56H116N2O6P+. The summed E-state index contributed by atoms with van der Waals surface area (Å²) in [7, 11) is 1.63. The van der Waals surface area contributed by atoms with Gasteiger partial charge in [0.15, 0.2) is 0 Å². The fraction of sp³-hybridized carbons (Fsp3) is 0.982. The third-order valence-corrected chi connectivity index (χ3v) is 14.6. The third kappa shape index (κ3) is 51.2. The lowest BCUT2D eigenvalue weighted by Crippen LogP contribution is -2.46. The smallest absolute Gasteiger partial charge is 0.391 e. The first kappa shape index (κ1) is 64.5. The highest BCUT2D eigenvalue weighted by Gasteiger charge is 2.28. The fourth-order valence-electron chi connectivity index (χ4n) is 9.05. The van der Waals surface area contributed by atoms with Crippen LogP contribution in [0.25, 0.3) is 0 Å². The summed E-state index contributed by atoms with van der Waals surface area (Å²) < 4.78 is 23.6. The van der Waals surface area contributed by atoms with Gasteiger partial charge in [-0.15, -0.1) is 0 Å². The van der Waals surface area contributed by atoms with E-state index in [-0.39, 0.29) is 19.1 Å². The Kier molecular flexibility index (Phi) is 48.1. The number of phosphoric ester groups is 1. The van der Waals surface area contributed by atoms with E-state index < -0.39 is 20.0 Å². The summed E-state index contributed by atoms with van der Waals surface area (Å²) in [5.74, 6) is -0.139. The average Bonchev–Trinajstić information content (AvgIpc) is 3.26. The normalized spacial score (nSPS) is 13.9. The second-order valence-corrected chi connectivity index (χ2v) is 22.8. The van der Waals surface area contributed by atoms with Gasteiger partial charge in [-0.05, 0) is 12.8 Å². The Bertz CT molecular complexity index is 1030. The summed E-state index contributed by atoms with van der Waals surface area (Å²) in [6, 6.07) is -0.753. The molecule has 0 spiro atoms. The monoisotopic (exact) mass is 944 g/mol. The van der Waals surface area contributed by atoms with Crippen LogP contribution >= 0.6 is 7.82 Å². The van der Waals surface area contributed by atoms with Gasteiger partial charge in [0, 0.05) is 6.42 Å². The minimum atomic E-state index is -4.31. The van der Waals surface area contributed by atoms with Crippen molar-refractivity contribution in [3.63, 3.8) is 0 Å². The highest BCUT2D eigenvalue weighted by Crippen LogP contribution is 2.43. The number of likely N-dealkylation sites (N-methyl/N-ethyl adjacent to an activating group) is 1. The summed E-state index contributed by atoms with van der Waals surface area (Å²) in [4.78, 5) is 23.2. The highest BCUT2D eigenvalue weighted by atomic mass is 31.2. The maximum absolute atomic E-state index is 12.9. The van der Waals surface area contributed by atoms with Crippen molar-refractivity contribution in [3.8, 4) is 0 Å². The molecule has 0 saturated carbocycles. The molecule has 0 aromatic rings. The zero-order valence-electron chi connectivity index (χ0n) is 44.5. The number of aliphatic hydroxyl groups excluding tert-OH is 1. The Labute approximate surface area is 406 Å². The van der Waals surface area contributed by atoms with Crippen molar-refractivity contribution in [2.45, 2.75) is 315 Å². The van der Waals surface area contributed by atoms with Crippen LogP contribution in [0.5, 0.6) is 0 Å². The van der Waals surface area contributed by atoms with Gasteiger partial charge in [-0.1, -0.05) is 284 Å². The van der Waals surface area contributed by atoms with Gasteiger partial charge in [-0.3, -0.25) is 13.8 Å². The number of carbonyl (C=O) groups is 1. The first-order valence-electron chi connectivity index (χ1n) is 28.9. The molecular weight excluding hydrogens is 828 g/mol. The Hall–Kier alpha value is -0.500. The van der Waals surface area contributed by atoms with E-state index in [1.54, 1.807) is 0 Å². The van der Waals surface area contributed by atoms with E-state index in [9.17, 15) is 19.4 Å². The van der Waals surface area contributed by atoms with E-state index in [2.05, 4.69) is 19.2 Å². The van der Waals surface area contributed by atoms with E-state index in [1.807, 2.05) is 21.1 Å². The first-order valence-corrected chi connectivity index (χ1v) is 30.4. The number of quaternary nitrogens is 1. The molecule has 390 valence electrons. The lowest BCUT2D eigenvalue weighted by Gasteiger charge is -2.26. The molecule has 65 heavy (non-hydrogen) atoms. The van der Waals surface area contributed by atoms with Crippen LogP contribution in [0.3, 0.4) is 0 Å². The number of unbranched alkanes of at least 4 members (excludes halogenated alkanes) is 41. The number of hydrogen-bond acceptors (Lipinski definition) is 5. The number of carbonyl (C=O) groups excluding carboxylic acids is 1. The van der Waals surface area contributed by atoms with Gasteiger partial charge in [0.05, 0.1) is 39.9 Å². The molecule has 0 heterocycles. The van der Waals surface area contributed by atoms with Gasteiger partial charge in [-0.25, -0.2) is 4.57 Å². The Balaban J connectivity index is 3.81. The summed E-state index contributed by atoms with van der Waals surface area (Å²) >= 11 is 0. The standard InChI is InChI=1S/C56H115N2O6P/c1-6-8-10-12-14-16-17-18-19-20-21-22-23-24-25-26-27-28-29-30-31-32-33-34-35-36-37-38-39-40-42-44-46-48-50-56(60)57-54(53-64-65(61,62)63-52-51-58(3,4)5)55(59)49-47-45-43-41-15-13-11-9-7-2/h54-55,59H,6-53H2,1-5H3,(H-,57,60,61,62)/p+1/t54-,55+/m0/s1. The van der Waals surface area contributed by atoms with Gasteiger partial charge >= 0.3 is 7.82 Å². The van der Waals surface area contributed by atoms with Crippen LogP contribution in [0.2, 0.25) is 0 Å². The van der Waals surface area contributed by atoms with Crippen LogP contribution in [0.4, 0.5) is 0 Å². The van der Waals surface area contributed by atoms with Crippen LogP contribution < -0.4 is 5.32 Å². The number of rotatable bonds is 54. The molecule has 8 nitrogen and oxygen atoms in total. The molecule has 0 aromatic carbocycles. The highest BCUT2D eigenvalue weighted by molar-refractivity contribution is 7.47. The molecule has 0 bridgehead atoms.